The molecule has 2 unspecified atom stereocenters. The third-order valence-electron chi connectivity index (χ3n) is 4.76. The summed E-state index contributed by atoms with van der Waals surface area (Å²) < 4.78 is 26.8. The van der Waals surface area contributed by atoms with E-state index in [1.54, 1.807) is 13.0 Å². The van der Waals surface area contributed by atoms with Gasteiger partial charge in [-0.3, -0.25) is 4.79 Å². The van der Waals surface area contributed by atoms with Gasteiger partial charge in [0.1, 0.15) is 0 Å². The van der Waals surface area contributed by atoms with Crippen LogP contribution in [0, 0.1) is 18.8 Å². The maximum Gasteiger partial charge on any atom is 0.251 e. The molecule has 2 rings (SSSR count). The van der Waals surface area contributed by atoms with Crippen molar-refractivity contribution in [2.75, 3.05) is 32.7 Å². The molecule has 146 valence electrons. The Morgan fingerprint density at radius 2 is 1.88 bits per heavy atom. The molecule has 0 spiro atoms. The number of benzene rings is 1. The number of nitrogens with zero attached hydrogens (tertiary/aromatic N) is 1. The number of carbonyl (C=O) groups is 1. The predicted molar refractivity (Wildman–Crippen MR) is 104 cm³/mol. The van der Waals surface area contributed by atoms with Crippen LogP contribution in [0.1, 0.15) is 43.1 Å². The van der Waals surface area contributed by atoms with Crippen LogP contribution in [0.2, 0.25) is 0 Å². The lowest BCUT2D eigenvalue weighted by atomic mass is 9.92. The normalized spacial score (nSPS) is 21.5. The molecule has 6 nitrogen and oxygen atoms in total. The molecule has 7 heteroatoms. The summed E-state index contributed by atoms with van der Waals surface area (Å²) in [4.78, 5) is 15.0. The second kappa shape index (κ2) is 8.97. The lowest BCUT2D eigenvalue weighted by Gasteiger charge is -2.34. The van der Waals surface area contributed by atoms with Crippen LogP contribution in [0.25, 0.3) is 0 Å². The SMILES string of the molecule is CCNS(=O)(=O)c1ccc(C)c(C(=O)NCCN2CC(C)CC(C)C2)c1. The summed E-state index contributed by atoms with van der Waals surface area (Å²) in [5, 5.41) is 2.93. The van der Waals surface area contributed by atoms with Gasteiger partial charge in [0, 0.05) is 38.3 Å². The topological polar surface area (TPSA) is 78.5 Å². The summed E-state index contributed by atoms with van der Waals surface area (Å²) in [5.41, 5.74) is 1.17. The molecule has 0 aliphatic carbocycles. The monoisotopic (exact) mass is 381 g/mol. The van der Waals surface area contributed by atoms with Crippen LogP contribution >= 0.6 is 0 Å². The average Bonchev–Trinajstić information content (AvgIpc) is 2.54. The molecule has 2 N–H and O–H groups in total. The van der Waals surface area contributed by atoms with Crippen molar-refractivity contribution < 1.29 is 13.2 Å². The van der Waals surface area contributed by atoms with Crippen molar-refractivity contribution in [2.24, 2.45) is 11.8 Å². The first-order valence-electron chi connectivity index (χ1n) is 9.33. The van der Waals surface area contributed by atoms with Gasteiger partial charge in [0.25, 0.3) is 5.91 Å². The molecule has 0 saturated carbocycles. The van der Waals surface area contributed by atoms with Crippen LogP contribution in [0.5, 0.6) is 0 Å². The van der Waals surface area contributed by atoms with Crippen molar-refractivity contribution in [2.45, 2.75) is 39.0 Å². The van der Waals surface area contributed by atoms with Gasteiger partial charge in [-0.1, -0.05) is 26.8 Å². The lowest BCUT2D eigenvalue weighted by Crippen LogP contribution is -2.43. The zero-order valence-electron chi connectivity index (χ0n) is 16.2. The zero-order chi connectivity index (χ0) is 19.3. The highest BCUT2D eigenvalue weighted by molar-refractivity contribution is 7.89. The summed E-state index contributed by atoms with van der Waals surface area (Å²) >= 11 is 0. The second-order valence-electron chi connectivity index (χ2n) is 7.44. The number of hydrogen-bond donors (Lipinski definition) is 2. The van der Waals surface area contributed by atoms with Gasteiger partial charge in [-0.25, -0.2) is 13.1 Å². The van der Waals surface area contributed by atoms with Crippen molar-refractivity contribution >= 4 is 15.9 Å². The average molecular weight is 382 g/mol. The van der Waals surface area contributed by atoms with E-state index in [0.29, 0.717) is 30.5 Å². The summed E-state index contributed by atoms with van der Waals surface area (Å²) in [6.07, 6.45) is 1.26. The Bertz CT molecular complexity index is 724. The highest BCUT2D eigenvalue weighted by atomic mass is 32.2. The van der Waals surface area contributed by atoms with Crippen molar-refractivity contribution in [1.82, 2.24) is 14.9 Å². The van der Waals surface area contributed by atoms with Gasteiger partial charge in [-0.15, -0.1) is 0 Å². The van der Waals surface area contributed by atoms with Crippen LogP contribution in [-0.2, 0) is 10.0 Å². The number of sulfonamides is 1. The molecule has 2 atom stereocenters. The third kappa shape index (κ3) is 5.53. The number of piperidine rings is 1. The molecule has 1 aromatic carbocycles. The van der Waals surface area contributed by atoms with Gasteiger partial charge in [-0.05, 0) is 42.9 Å². The van der Waals surface area contributed by atoms with Gasteiger partial charge >= 0.3 is 0 Å². The van der Waals surface area contributed by atoms with Crippen LogP contribution < -0.4 is 10.0 Å². The lowest BCUT2D eigenvalue weighted by molar-refractivity contribution is 0.0936. The Labute approximate surface area is 157 Å². The Morgan fingerprint density at radius 1 is 1.23 bits per heavy atom. The molecule has 1 aromatic rings. The van der Waals surface area contributed by atoms with Crippen LogP contribution in [0.3, 0.4) is 0 Å². The summed E-state index contributed by atoms with van der Waals surface area (Å²) in [5.74, 6) is 1.14. The Balaban J connectivity index is 1.99. The number of hydrogen-bond acceptors (Lipinski definition) is 4. The highest BCUT2D eigenvalue weighted by Crippen LogP contribution is 2.20. The fraction of sp³-hybridized carbons (Fsp3) is 0.632. The van der Waals surface area contributed by atoms with Crippen LogP contribution in [0.15, 0.2) is 23.1 Å². The molecule has 0 radical (unpaired) electrons. The number of carbonyl (C=O) groups excluding carboxylic acids is 1. The molecule has 1 aliphatic heterocycles. The summed E-state index contributed by atoms with van der Waals surface area (Å²) in [7, 11) is -3.57. The molecule has 1 fully saturated rings. The highest BCUT2D eigenvalue weighted by Gasteiger charge is 2.22. The first-order chi connectivity index (χ1) is 12.2. The van der Waals surface area contributed by atoms with E-state index in [1.807, 2.05) is 6.92 Å². The second-order valence-corrected chi connectivity index (χ2v) is 9.21. The fourth-order valence-electron chi connectivity index (χ4n) is 3.68. The van der Waals surface area contributed by atoms with Crippen molar-refractivity contribution in [1.29, 1.82) is 0 Å². The Morgan fingerprint density at radius 3 is 2.50 bits per heavy atom. The molecule has 1 amide bonds. The molecule has 1 heterocycles. The standard InChI is InChI=1S/C19H31N3O3S/c1-5-21-26(24,25)17-7-6-16(4)18(11-17)19(23)20-8-9-22-12-14(2)10-15(3)13-22/h6-7,11,14-15,21H,5,8-10,12-13H2,1-4H3,(H,20,23). The minimum absolute atomic E-state index is 0.119. The molecule has 1 aliphatic rings. The van der Waals surface area contributed by atoms with E-state index in [9.17, 15) is 13.2 Å². The quantitative estimate of drug-likeness (QED) is 0.757. The van der Waals surface area contributed by atoms with Gasteiger partial charge in [0.05, 0.1) is 4.90 Å². The molecule has 0 aromatic heterocycles. The third-order valence-corrected chi connectivity index (χ3v) is 6.30. The number of amides is 1. The van der Waals surface area contributed by atoms with Crippen molar-refractivity contribution in [3.8, 4) is 0 Å². The Kier molecular flexibility index (Phi) is 7.20. The van der Waals surface area contributed by atoms with Gasteiger partial charge in [0.2, 0.25) is 10.0 Å². The molecule has 0 bridgehead atoms. The van der Waals surface area contributed by atoms with E-state index < -0.39 is 10.0 Å². The van der Waals surface area contributed by atoms with Crippen LogP contribution in [0.4, 0.5) is 0 Å². The minimum atomic E-state index is -3.57. The number of rotatable bonds is 7. The van der Waals surface area contributed by atoms with Gasteiger partial charge in [-0.2, -0.15) is 0 Å². The first-order valence-corrected chi connectivity index (χ1v) is 10.8. The predicted octanol–water partition coefficient (Wildman–Crippen LogP) is 2.00. The minimum Gasteiger partial charge on any atom is -0.351 e. The van der Waals surface area contributed by atoms with E-state index in [2.05, 4.69) is 28.8 Å². The molecular weight excluding hydrogens is 350 g/mol. The smallest absolute Gasteiger partial charge is 0.251 e. The van der Waals surface area contributed by atoms with Crippen LogP contribution in [-0.4, -0.2) is 51.9 Å². The van der Waals surface area contributed by atoms with E-state index in [1.165, 1.54) is 18.6 Å². The van der Waals surface area contributed by atoms with E-state index in [-0.39, 0.29) is 10.8 Å². The van der Waals surface area contributed by atoms with Gasteiger partial charge in [0.15, 0.2) is 0 Å². The van der Waals surface area contributed by atoms with Crippen molar-refractivity contribution in [3.63, 3.8) is 0 Å². The molecular formula is C19H31N3O3S. The number of likely N-dealkylation sites (tertiary alicyclic amines) is 1. The Hall–Kier alpha value is -1.44. The first kappa shape index (κ1) is 20.9. The summed E-state index contributed by atoms with van der Waals surface area (Å²) in [6.45, 7) is 11.9. The van der Waals surface area contributed by atoms with Crippen molar-refractivity contribution in [3.05, 3.63) is 29.3 Å². The molecule has 26 heavy (non-hydrogen) atoms. The maximum absolute atomic E-state index is 12.5. The van der Waals surface area contributed by atoms with E-state index in [4.69, 9.17) is 0 Å². The van der Waals surface area contributed by atoms with Gasteiger partial charge < -0.3 is 10.2 Å². The van der Waals surface area contributed by atoms with E-state index in [0.717, 1.165) is 25.2 Å². The number of nitrogens with one attached hydrogen (secondary N) is 2. The van der Waals surface area contributed by atoms with E-state index >= 15 is 0 Å². The fourth-order valence-corrected chi connectivity index (χ4v) is 4.75. The number of aryl methyl sites for hydroxylation is 1. The summed E-state index contributed by atoms with van der Waals surface area (Å²) in [6, 6.07) is 4.65. The largest absolute Gasteiger partial charge is 0.351 e. The zero-order valence-corrected chi connectivity index (χ0v) is 17.0. The molecule has 1 saturated heterocycles. The maximum atomic E-state index is 12.5.